The van der Waals surface area contributed by atoms with Crippen molar-refractivity contribution >= 4 is 11.6 Å². The molecule has 0 amide bonds. The van der Waals surface area contributed by atoms with Crippen LogP contribution in [0.5, 0.6) is 11.5 Å². The highest BCUT2D eigenvalue weighted by atomic mass is 35.5. The summed E-state index contributed by atoms with van der Waals surface area (Å²) in [7, 11) is 0. The van der Waals surface area contributed by atoms with Crippen LogP contribution in [0.25, 0.3) is 0 Å². The number of para-hydroxylation sites is 1. The highest BCUT2D eigenvalue weighted by Gasteiger charge is 2.18. The van der Waals surface area contributed by atoms with Gasteiger partial charge in [0, 0.05) is 11.6 Å². The molecule has 0 aliphatic rings. The molecule has 0 saturated carbocycles. The number of nitrogens with one attached hydrogen (secondary N) is 1. The quantitative estimate of drug-likeness (QED) is 0.831. The van der Waals surface area contributed by atoms with Gasteiger partial charge in [-0.15, -0.1) is 0 Å². The molecule has 0 fully saturated rings. The predicted octanol–water partition coefficient (Wildman–Crippen LogP) is 5.08. The molecular formula is C16H16ClF2NO. The lowest BCUT2D eigenvalue weighted by Crippen LogP contribution is -2.18. The van der Waals surface area contributed by atoms with Crippen molar-refractivity contribution in [2.45, 2.75) is 19.9 Å². The first-order valence-electron chi connectivity index (χ1n) is 6.68. The van der Waals surface area contributed by atoms with Gasteiger partial charge in [-0.25, -0.2) is 8.78 Å². The van der Waals surface area contributed by atoms with Gasteiger partial charge in [0.2, 0.25) is 0 Å². The number of ether oxygens (including phenoxy) is 1. The Kier molecular flexibility index (Phi) is 5.15. The van der Waals surface area contributed by atoms with Gasteiger partial charge in [0.1, 0.15) is 0 Å². The molecular weight excluding hydrogens is 296 g/mol. The molecule has 2 nitrogen and oxygen atoms in total. The van der Waals surface area contributed by atoms with E-state index in [1.165, 1.54) is 18.2 Å². The van der Waals surface area contributed by atoms with Crippen LogP contribution in [0.15, 0.2) is 36.4 Å². The first kappa shape index (κ1) is 15.7. The van der Waals surface area contributed by atoms with Crippen molar-refractivity contribution in [1.29, 1.82) is 0 Å². The smallest absolute Gasteiger partial charge is 0.184 e. The van der Waals surface area contributed by atoms with Crippen LogP contribution in [0.4, 0.5) is 8.78 Å². The lowest BCUT2D eigenvalue weighted by atomic mass is 10.1. The van der Waals surface area contributed by atoms with Crippen LogP contribution < -0.4 is 10.1 Å². The molecule has 5 heteroatoms. The summed E-state index contributed by atoms with van der Waals surface area (Å²) in [6.07, 6.45) is 0. The van der Waals surface area contributed by atoms with Crippen molar-refractivity contribution < 1.29 is 13.5 Å². The number of halogens is 3. The van der Waals surface area contributed by atoms with E-state index in [2.05, 4.69) is 5.32 Å². The lowest BCUT2D eigenvalue weighted by Gasteiger charge is -2.18. The van der Waals surface area contributed by atoms with E-state index in [1.807, 2.05) is 13.8 Å². The molecule has 0 aliphatic carbocycles. The van der Waals surface area contributed by atoms with Crippen LogP contribution in [0, 0.1) is 11.6 Å². The fraction of sp³-hybridized carbons (Fsp3) is 0.250. The molecule has 0 aromatic heterocycles. The summed E-state index contributed by atoms with van der Waals surface area (Å²) in [5.41, 5.74) is 0.622. The van der Waals surface area contributed by atoms with E-state index in [9.17, 15) is 8.78 Å². The zero-order chi connectivity index (χ0) is 15.4. The maximum atomic E-state index is 14.1. The molecule has 0 aliphatic heterocycles. The number of benzene rings is 2. The molecule has 21 heavy (non-hydrogen) atoms. The lowest BCUT2D eigenvalue weighted by molar-refractivity contribution is 0.403. The first-order valence-corrected chi connectivity index (χ1v) is 7.06. The van der Waals surface area contributed by atoms with Crippen LogP contribution in [0.1, 0.15) is 25.5 Å². The van der Waals surface area contributed by atoms with Gasteiger partial charge in [0.15, 0.2) is 23.1 Å². The minimum absolute atomic E-state index is 0.00659. The normalized spacial score (nSPS) is 12.2. The zero-order valence-electron chi connectivity index (χ0n) is 11.8. The zero-order valence-corrected chi connectivity index (χ0v) is 12.5. The highest BCUT2D eigenvalue weighted by molar-refractivity contribution is 6.30. The Morgan fingerprint density at radius 1 is 1.19 bits per heavy atom. The Bertz CT molecular complexity index is 634. The van der Waals surface area contributed by atoms with E-state index in [4.69, 9.17) is 16.3 Å². The Balaban J connectivity index is 2.41. The Labute approximate surface area is 127 Å². The van der Waals surface area contributed by atoms with Gasteiger partial charge < -0.3 is 10.1 Å². The molecule has 0 saturated heterocycles. The molecule has 2 rings (SSSR count). The number of hydrogen-bond donors (Lipinski definition) is 1. The Morgan fingerprint density at radius 2 is 1.90 bits per heavy atom. The summed E-state index contributed by atoms with van der Waals surface area (Å²) < 4.78 is 33.4. The summed E-state index contributed by atoms with van der Waals surface area (Å²) in [5.74, 6) is -1.34. The van der Waals surface area contributed by atoms with Crippen LogP contribution in [0.2, 0.25) is 5.02 Å². The molecule has 0 spiro atoms. The van der Waals surface area contributed by atoms with E-state index >= 15 is 0 Å². The van der Waals surface area contributed by atoms with Crippen molar-refractivity contribution in [2.75, 3.05) is 6.54 Å². The maximum Gasteiger partial charge on any atom is 0.184 e. The van der Waals surface area contributed by atoms with Gasteiger partial charge in [-0.05, 0) is 31.7 Å². The SMILES string of the molecule is CCNC(C)c1cccc(F)c1Oc1cccc(Cl)c1F. The standard InChI is InChI=1S/C16H16ClF2NO/c1-3-20-10(2)11-6-4-8-13(18)16(11)21-14-9-5-7-12(17)15(14)19/h4-10,20H,3H2,1-2H3. The van der Waals surface area contributed by atoms with Gasteiger partial charge in [0.05, 0.1) is 5.02 Å². The summed E-state index contributed by atoms with van der Waals surface area (Å²) in [4.78, 5) is 0. The van der Waals surface area contributed by atoms with Crippen LogP contribution in [-0.4, -0.2) is 6.54 Å². The molecule has 2 aromatic rings. The molecule has 1 atom stereocenters. The van der Waals surface area contributed by atoms with E-state index in [1.54, 1.807) is 18.2 Å². The molecule has 0 bridgehead atoms. The summed E-state index contributed by atoms with van der Waals surface area (Å²) in [6, 6.07) is 8.87. The van der Waals surface area contributed by atoms with Crippen molar-refractivity contribution in [2.24, 2.45) is 0 Å². The van der Waals surface area contributed by atoms with Crippen LogP contribution in [0.3, 0.4) is 0 Å². The van der Waals surface area contributed by atoms with Gasteiger partial charge in [-0.1, -0.05) is 36.7 Å². The fourth-order valence-corrected chi connectivity index (χ4v) is 2.23. The van der Waals surface area contributed by atoms with Gasteiger partial charge >= 0.3 is 0 Å². The molecule has 112 valence electrons. The summed E-state index contributed by atoms with van der Waals surface area (Å²) in [5, 5.41) is 3.11. The van der Waals surface area contributed by atoms with Crippen LogP contribution in [-0.2, 0) is 0 Å². The second-order valence-electron chi connectivity index (χ2n) is 4.59. The number of rotatable bonds is 5. The second-order valence-corrected chi connectivity index (χ2v) is 5.00. The molecule has 0 radical (unpaired) electrons. The second kappa shape index (κ2) is 6.87. The summed E-state index contributed by atoms with van der Waals surface area (Å²) >= 11 is 5.71. The minimum Gasteiger partial charge on any atom is -0.451 e. The van der Waals surface area contributed by atoms with Gasteiger partial charge in [-0.3, -0.25) is 0 Å². The van der Waals surface area contributed by atoms with E-state index < -0.39 is 11.6 Å². The maximum absolute atomic E-state index is 14.1. The van der Waals surface area contributed by atoms with Gasteiger partial charge in [0.25, 0.3) is 0 Å². The Hall–Kier alpha value is -1.65. The fourth-order valence-electron chi connectivity index (χ4n) is 2.06. The third-order valence-electron chi connectivity index (χ3n) is 3.10. The monoisotopic (exact) mass is 311 g/mol. The molecule has 0 heterocycles. The highest BCUT2D eigenvalue weighted by Crippen LogP contribution is 2.34. The minimum atomic E-state index is -0.704. The average Bonchev–Trinajstić information content (AvgIpc) is 2.46. The third kappa shape index (κ3) is 3.52. The third-order valence-corrected chi connectivity index (χ3v) is 3.39. The predicted molar refractivity (Wildman–Crippen MR) is 80.0 cm³/mol. The largest absolute Gasteiger partial charge is 0.451 e. The number of hydrogen-bond acceptors (Lipinski definition) is 2. The van der Waals surface area contributed by atoms with Crippen molar-refractivity contribution in [3.05, 3.63) is 58.6 Å². The average molecular weight is 312 g/mol. The van der Waals surface area contributed by atoms with Crippen molar-refractivity contribution in [3.8, 4) is 11.5 Å². The Morgan fingerprint density at radius 3 is 2.62 bits per heavy atom. The van der Waals surface area contributed by atoms with Crippen molar-refractivity contribution in [3.63, 3.8) is 0 Å². The van der Waals surface area contributed by atoms with Crippen LogP contribution >= 0.6 is 11.6 Å². The topological polar surface area (TPSA) is 21.3 Å². The first-order chi connectivity index (χ1) is 10.0. The van der Waals surface area contributed by atoms with E-state index in [0.717, 1.165) is 6.54 Å². The summed E-state index contributed by atoms with van der Waals surface area (Å²) in [6.45, 7) is 4.56. The molecule has 1 N–H and O–H groups in total. The van der Waals surface area contributed by atoms with E-state index in [-0.39, 0.29) is 22.6 Å². The van der Waals surface area contributed by atoms with E-state index in [0.29, 0.717) is 5.56 Å². The molecule has 1 unspecified atom stereocenters. The van der Waals surface area contributed by atoms with Gasteiger partial charge in [-0.2, -0.15) is 0 Å². The van der Waals surface area contributed by atoms with Crippen molar-refractivity contribution in [1.82, 2.24) is 5.32 Å². The molecule has 2 aromatic carbocycles.